The second kappa shape index (κ2) is 10.8. The summed E-state index contributed by atoms with van der Waals surface area (Å²) in [6.07, 6.45) is -0.421. The van der Waals surface area contributed by atoms with Crippen LogP contribution in [0.3, 0.4) is 0 Å². The number of methoxy groups -OCH3 is 2. The van der Waals surface area contributed by atoms with Gasteiger partial charge in [-0.3, -0.25) is 4.79 Å². The number of nitrogens with one attached hydrogen (secondary N) is 1. The van der Waals surface area contributed by atoms with Crippen molar-refractivity contribution >= 4 is 46.6 Å². The van der Waals surface area contributed by atoms with E-state index >= 15 is 0 Å². The Morgan fingerprint density at radius 1 is 1.12 bits per heavy atom. The van der Waals surface area contributed by atoms with Crippen molar-refractivity contribution in [2.24, 2.45) is 7.05 Å². The van der Waals surface area contributed by atoms with Gasteiger partial charge in [0.25, 0.3) is 0 Å². The van der Waals surface area contributed by atoms with Gasteiger partial charge in [-0.25, -0.2) is 0 Å². The van der Waals surface area contributed by atoms with Gasteiger partial charge < -0.3 is 24.1 Å². The second-order valence-corrected chi connectivity index (χ2v) is 8.42. The molecule has 3 aromatic rings. The summed E-state index contributed by atoms with van der Waals surface area (Å²) in [7, 11) is 4.90. The summed E-state index contributed by atoms with van der Waals surface area (Å²) in [5.74, 6) is 2.15. The molecule has 32 heavy (non-hydrogen) atoms. The molecule has 11 heteroatoms. The van der Waals surface area contributed by atoms with E-state index in [-0.39, 0.29) is 11.7 Å². The van der Waals surface area contributed by atoms with Crippen molar-refractivity contribution in [3.05, 3.63) is 52.3 Å². The van der Waals surface area contributed by atoms with Gasteiger partial charge in [-0.05, 0) is 37.3 Å². The molecule has 0 aliphatic carbocycles. The fraction of sp³-hybridized carbons (Fsp3) is 0.286. The first-order chi connectivity index (χ1) is 15.3. The van der Waals surface area contributed by atoms with Gasteiger partial charge in [0.2, 0.25) is 5.91 Å². The first-order valence-corrected chi connectivity index (χ1v) is 11.2. The molecule has 0 aliphatic rings. The standard InChI is InChI=1S/C21H22Cl2N4O4S/c1-12(31-17-7-5-13(22)9-15(17)23)20-25-26-21(27(20)2)32-11-19(28)24-16-10-14(29-3)6-8-18(16)30-4/h5-10,12H,11H2,1-4H3,(H,24,28). The highest BCUT2D eigenvalue weighted by atomic mass is 35.5. The Balaban J connectivity index is 1.63. The van der Waals surface area contributed by atoms with E-state index in [1.54, 1.807) is 48.1 Å². The SMILES string of the molecule is COc1ccc(OC)c(NC(=O)CSc2nnc(C(C)Oc3ccc(Cl)cc3Cl)n2C)c1. The number of carbonyl (C=O) groups is 1. The average molecular weight is 497 g/mol. The lowest BCUT2D eigenvalue weighted by Gasteiger charge is -2.15. The summed E-state index contributed by atoms with van der Waals surface area (Å²) in [4.78, 5) is 12.5. The number of rotatable bonds is 9. The van der Waals surface area contributed by atoms with Crippen LogP contribution in [-0.2, 0) is 11.8 Å². The fourth-order valence-corrected chi connectivity index (χ4v) is 4.02. The zero-order valence-corrected chi connectivity index (χ0v) is 20.2. The van der Waals surface area contributed by atoms with E-state index in [4.69, 9.17) is 37.4 Å². The molecule has 2 aromatic carbocycles. The van der Waals surface area contributed by atoms with Crippen LogP contribution in [0.1, 0.15) is 18.9 Å². The van der Waals surface area contributed by atoms with E-state index in [9.17, 15) is 4.79 Å². The molecular formula is C21H22Cl2N4O4S. The van der Waals surface area contributed by atoms with Crippen molar-refractivity contribution < 1.29 is 19.0 Å². The van der Waals surface area contributed by atoms with Crippen LogP contribution < -0.4 is 19.5 Å². The van der Waals surface area contributed by atoms with Gasteiger partial charge in [-0.15, -0.1) is 10.2 Å². The van der Waals surface area contributed by atoms with Crippen LogP contribution in [0.4, 0.5) is 5.69 Å². The lowest BCUT2D eigenvalue weighted by Crippen LogP contribution is -2.15. The molecule has 8 nitrogen and oxygen atoms in total. The molecule has 1 unspecified atom stereocenters. The molecule has 0 bridgehead atoms. The number of benzene rings is 2. The second-order valence-electron chi connectivity index (χ2n) is 6.64. The van der Waals surface area contributed by atoms with Gasteiger partial charge in [0.15, 0.2) is 17.1 Å². The smallest absolute Gasteiger partial charge is 0.234 e. The maximum Gasteiger partial charge on any atom is 0.234 e. The summed E-state index contributed by atoms with van der Waals surface area (Å²) in [5, 5.41) is 12.7. The fourth-order valence-electron chi connectivity index (χ4n) is 2.85. The van der Waals surface area contributed by atoms with Gasteiger partial charge in [0.05, 0.1) is 30.7 Å². The molecule has 1 heterocycles. The molecule has 0 spiro atoms. The Morgan fingerprint density at radius 2 is 1.88 bits per heavy atom. The molecule has 0 saturated heterocycles. The number of ether oxygens (including phenoxy) is 3. The predicted molar refractivity (Wildman–Crippen MR) is 125 cm³/mol. The van der Waals surface area contributed by atoms with E-state index in [0.29, 0.717) is 44.0 Å². The van der Waals surface area contributed by atoms with E-state index in [1.807, 2.05) is 14.0 Å². The van der Waals surface area contributed by atoms with Crippen LogP contribution in [0.25, 0.3) is 0 Å². The largest absolute Gasteiger partial charge is 0.497 e. The topological polar surface area (TPSA) is 87.5 Å². The Hall–Kier alpha value is -2.62. The number of nitrogens with zero attached hydrogens (tertiary/aromatic N) is 3. The van der Waals surface area contributed by atoms with Crippen LogP contribution in [0, 0.1) is 0 Å². The first-order valence-electron chi connectivity index (χ1n) is 9.48. The summed E-state index contributed by atoms with van der Waals surface area (Å²) < 4.78 is 18.2. The van der Waals surface area contributed by atoms with Crippen molar-refractivity contribution in [3.63, 3.8) is 0 Å². The van der Waals surface area contributed by atoms with E-state index < -0.39 is 6.10 Å². The maximum absolute atomic E-state index is 12.5. The van der Waals surface area contributed by atoms with Crippen LogP contribution >= 0.6 is 35.0 Å². The number of carbonyl (C=O) groups excluding carboxylic acids is 1. The molecule has 1 atom stereocenters. The van der Waals surface area contributed by atoms with Crippen LogP contribution in [0.15, 0.2) is 41.6 Å². The zero-order valence-electron chi connectivity index (χ0n) is 17.9. The summed E-state index contributed by atoms with van der Waals surface area (Å²) in [5.41, 5.74) is 0.526. The average Bonchev–Trinajstić information content (AvgIpc) is 3.14. The molecular weight excluding hydrogens is 475 g/mol. The molecule has 3 rings (SSSR count). The Labute approximate surface area is 200 Å². The van der Waals surface area contributed by atoms with Crippen molar-refractivity contribution in [1.29, 1.82) is 0 Å². The van der Waals surface area contributed by atoms with Crippen LogP contribution in [-0.4, -0.2) is 40.6 Å². The third-order valence-electron chi connectivity index (χ3n) is 4.44. The minimum Gasteiger partial charge on any atom is -0.497 e. The lowest BCUT2D eigenvalue weighted by atomic mass is 10.2. The summed E-state index contributed by atoms with van der Waals surface area (Å²) >= 11 is 13.4. The third-order valence-corrected chi connectivity index (χ3v) is 5.99. The Morgan fingerprint density at radius 3 is 2.56 bits per heavy atom. The molecule has 170 valence electrons. The van der Waals surface area contributed by atoms with E-state index in [2.05, 4.69) is 15.5 Å². The number of aromatic nitrogens is 3. The number of anilines is 1. The monoisotopic (exact) mass is 496 g/mol. The molecule has 0 aliphatic heterocycles. The number of halogens is 2. The maximum atomic E-state index is 12.5. The van der Waals surface area contributed by atoms with Crippen molar-refractivity contribution in [1.82, 2.24) is 14.8 Å². The Kier molecular flexibility index (Phi) is 8.11. The normalized spacial score (nSPS) is 11.7. The van der Waals surface area contributed by atoms with Crippen LogP contribution in [0.5, 0.6) is 17.2 Å². The summed E-state index contributed by atoms with van der Waals surface area (Å²) in [6.45, 7) is 1.84. The lowest BCUT2D eigenvalue weighted by molar-refractivity contribution is -0.113. The van der Waals surface area contributed by atoms with E-state index in [0.717, 1.165) is 0 Å². The zero-order chi connectivity index (χ0) is 23.3. The van der Waals surface area contributed by atoms with Gasteiger partial charge in [0.1, 0.15) is 17.2 Å². The van der Waals surface area contributed by atoms with Gasteiger partial charge in [0, 0.05) is 18.1 Å². The molecule has 0 radical (unpaired) electrons. The third kappa shape index (κ3) is 5.79. The summed E-state index contributed by atoms with van der Waals surface area (Å²) in [6, 6.07) is 10.2. The minimum atomic E-state index is -0.421. The van der Waals surface area contributed by atoms with Crippen molar-refractivity contribution in [3.8, 4) is 17.2 Å². The quantitative estimate of drug-likeness (QED) is 0.416. The number of hydrogen-bond acceptors (Lipinski definition) is 7. The number of hydrogen-bond donors (Lipinski definition) is 1. The van der Waals surface area contributed by atoms with Crippen molar-refractivity contribution in [2.45, 2.75) is 18.2 Å². The number of amides is 1. The highest BCUT2D eigenvalue weighted by molar-refractivity contribution is 7.99. The highest BCUT2D eigenvalue weighted by Crippen LogP contribution is 2.32. The van der Waals surface area contributed by atoms with Crippen molar-refractivity contribution in [2.75, 3.05) is 25.3 Å². The van der Waals surface area contributed by atoms with Crippen LogP contribution in [0.2, 0.25) is 10.0 Å². The molecule has 0 saturated carbocycles. The minimum absolute atomic E-state index is 0.130. The number of thioether (sulfide) groups is 1. The predicted octanol–water partition coefficient (Wildman–Crippen LogP) is 5.01. The molecule has 0 fully saturated rings. The molecule has 1 N–H and O–H groups in total. The van der Waals surface area contributed by atoms with Gasteiger partial charge in [-0.1, -0.05) is 35.0 Å². The van der Waals surface area contributed by atoms with E-state index in [1.165, 1.54) is 18.9 Å². The highest BCUT2D eigenvalue weighted by Gasteiger charge is 2.19. The first kappa shape index (κ1) is 24.0. The van der Waals surface area contributed by atoms with Gasteiger partial charge >= 0.3 is 0 Å². The molecule has 1 aromatic heterocycles. The van der Waals surface area contributed by atoms with Gasteiger partial charge in [-0.2, -0.15) is 0 Å². The Bertz CT molecular complexity index is 1110. The molecule has 1 amide bonds.